The highest BCUT2D eigenvalue weighted by Gasteiger charge is 1.96. The van der Waals surface area contributed by atoms with Crippen LogP contribution in [0.2, 0.25) is 0 Å². The molecule has 102 valence electrons. The van der Waals surface area contributed by atoms with Crippen LogP contribution in [0.4, 0.5) is 0 Å². The molecule has 0 saturated carbocycles. The van der Waals surface area contributed by atoms with Crippen molar-refractivity contribution in [3.8, 4) is 0 Å². The molecule has 17 heavy (non-hydrogen) atoms. The Morgan fingerprint density at radius 3 is 2.29 bits per heavy atom. The van der Waals surface area contributed by atoms with Gasteiger partial charge in [-0.1, -0.05) is 33.1 Å². The first-order valence-corrected chi connectivity index (χ1v) is 6.50. The average molecular weight is 246 g/mol. The lowest BCUT2D eigenvalue weighted by Gasteiger charge is -2.05. The van der Waals surface area contributed by atoms with Crippen molar-refractivity contribution >= 4 is 5.97 Å². The molecule has 0 aliphatic rings. The zero-order valence-corrected chi connectivity index (χ0v) is 11.1. The molecule has 0 unspecified atom stereocenters. The summed E-state index contributed by atoms with van der Waals surface area (Å²) in [5, 5.41) is 8.32. The second-order valence-electron chi connectivity index (χ2n) is 4.66. The third-order valence-electron chi connectivity index (χ3n) is 2.37. The Kier molecular flexibility index (Phi) is 11.4. The maximum absolute atomic E-state index is 10.1. The highest BCUT2D eigenvalue weighted by Crippen LogP contribution is 2.07. The van der Waals surface area contributed by atoms with E-state index < -0.39 is 5.97 Å². The first kappa shape index (κ1) is 16.4. The van der Waals surface area contributed by atoms with Crippen LogP contribution in [-0.4, -0.2) is 37.5 Å². The number of carboxylic acids is 1. The molecule has 0 aromatic heterocycles. The number of hydrogen-bond donors (Lipinski definition) is 1. The fourth-order valence-corrected chi connectivity index (χ4v) is 1.46. The number of hydrogen-bond acceptors (Lipinski definition) is 3. The second kappa shape index (κ2) is 11.9. The zero-order chi connectivity index (χ0) is 12.9. The molecule has 4 nitrogen and oxygen atoms in total. The maximum Gasteiger partial charge on any atom is 0.329 e. The summed E-state index contributed by atoms with van der Waals surface area (Å²) in [5.41, 5.74) is 0. The first-order chi connectivity index (χ1) is 8.13. The van der Waals surface area contributed by atoms with E-state index >= 15 is 0 Å². The lowest BCUT2D eigenvalue weighted by molar-refractivity contribution is -0.142. The number of carbonyl (C=O) groups is 1. The van der Waals surface area contributed by atoms with Gasteiger partial charge < -0.3 is 14.6 Å². The summed E-state index contributed by atoms with van der Waals surface area (Å²) in [5.74, 6) is -0.127. The molecule has 0 fully saturated rings. The Balaban J connectivity index is 2.96. The number of ether oxygens (including phenoxy) is 2. The van der Waals surface area contributed by atoms with Gasteiger partial charge in [0.05, 0.1) is 0 Å². The topological polar surface area (TPSA) is 55.8 Å². The number of carboxylic acid groups (broad SMARTS) is 1. The molecule has 0 aromatic carbocycles. The zero-order valence-electron chi connectivity index (χ0n) is 11.1. The SMILES string of the molecule is CC(C)CCCCCOCCCOCC(=O)O. The average Bonchev–Trinajstić information content (AvgIpc) is 2.25. The van der Waals surface area contributed by atoms with E-state index in [0.717, 1.165) is 25.4 Å². The van der Waals surface area contributed by atoms with Gasteiger partial charge in [0.1, 0.15) is 6.61 Å². The summed E-state index contributed by atoms with van der Waals surface area (Å²) < 4.78 is 10.3. The van der Waals surface area contributed by atoms with Crippen molar-refractivity contribution < 1.29 is 19.4 Å². The predicted molar refractivity (Wildman–Crippen MR) is 67.2 cm³/mol. The maximum atomic E-state index is 10.1. The van der Waals surface area contributed by atoms with Crippen molar-refractivity contribution in [2.75, 3.05) is 26.4 Å². The van der Waals surface area contributed by atoms with E-state index in [1.54, 1.807) is 0 Å². The summed E-state index contributed by atoms with van der Waals surface area (Å²) in [6.07, 6.45) is 5.68. The van der Waals surface area contributed by atoms with Crippen LogP contribution in [0.3, 0.4) is 0 Å². The summed E-state index contributed by atoms with van der Waals surface area (Å²) >= 11 is 0. The molecule has 0 rings (SSSR count). The van der Waals surface area contributed by atoms with Crippen LogP contribution >= 0.6 is 0 Å². The van der Waals surface area contributed by atoms with Gasteiger partial charge in [0.2, 0.25) is 0 Å². The van der Waals surface area contributed by atoms with Gasteiger partial charge in [-0.2, -0.15) is 0 Å². The molecular weight excluding hydrogens is 220 g/mol. The number of aliphatic carboxylic acids is 1. The highest BCUT2D eigenvalue weighted by atomic mass is 16.5. The van der Waals surface area contributed by atoms with Crippen LogP contribution in [0.25, 0.3) is 0 Å². The third-order valence-corrected chi connectivity index (χ3v) is 2.37. The summed E-state index contributed by atoms with van der Waals surface area (Å²) in [6.45, 7) is 6.19. The van der Waals surface area contributed by atoms with Crippen LogP contribution in [0.1, 0.15) is 46.0 Å². The Morgan fingerprint density at radius 2 is 1.65 bits per heavy atom. The number of rotatable bonds is 12. The molecule has 0 bridgehead atoms. The minimum atomic E-state index is -0.920. The van der Waals surface area contributed by atoms with Gasteiger partial charge in [0, 0.05) is 19.8 Å². The minimum absolute atomic E-state index is 0.213. The third kappa shape index (κ3) is 15.4. The molecule has 0 heterocycles. The Labute approximate surface area is 104 Å². The lowest BCUT2D eigenvalue weighted by atomic mass is 10.1. The van der Waals surface area contributed by atoms with E-state index in [1.807, 2.05) is 0 Å². The molecule has 0 spiro atoms. The van der Waals surface area contributed by atoms with Crippen molar-refractivity contribution in [3.63, 3.8) is 0 Å². The molecule has 0 saturated heterocycles. The van der Waals surface area contributed by atoms with Crippen molar-refractivity contribution in [3.05, 3.63) is 0 Å². The molecule has 1 N–H and O–H groups in total. The van der Waals surface area contributed by atoms with Crippen molar-refractivity contribution in [1.82, 2.24) is 0 Å². The molecule has 0 atom stereocenters. The van der Waals surface area contributed by atoms with Crippen molar-refractivity contribution in [2.24, 2.45) is 5.92 Å². The van der Waals surface area contributed by atoms with Crippen LogP contribution in [-0.2, 0) is 14.3 Å². The lowest BCUT2D eigenvalue weighted by Crippen LogP contribution is -2.09. The summed E-state index contributed by atoms with van der Waals surface area (Å²) in [7, 11) is 0. The van der Waals surface area contributed by atoms with Gasteiger partial charge in [0.25, 0.3) is 0 Å². The number of unbranched alkanes of at least 4 members (excludes halogenated alkanes) is 2. The Bertz CT molecular complexity index is 180. The van der Waals surface area contributed by atoms with E-state index in [1.165, 1.54) is 19.3 Å². The van der Waals surface area contributed by atoms with Crippen LogP contribution < -0.4 is 0 Å². The second-order valence-corrected chi connectivity index (χ2v) is 4.66. The summed E-state index contributed by atoms with van der Waals surface area (Å²) in [4.78, 5) is 10.1. The molecular formula is C13H26O4. The molecule has 4 heteroatoms. The van der Waals surface area contributed by atoms with Crippen LogP contribution in [0.5, 0.6) is 0 Å². The molecule has 0 radical (unpaired) electrons. The van der Waals surface area contributed by atoms with Gasteiger partial charge >= 0.3 is 5.97 Å². The van der Waals surface area contributed by atoms with E-state index in [0.29, 0.717) is 13.2 Å². The quantitative estimate of drug-likeness (QED) is 0.538. The smallest absolute Gasteiger partial charge is 0.329 e. The highest BCUT2D eigenvalue weighted by molar-refractivity contribution is 5.67. The largest absolute Gasteiger partial charge is 0.480 e. The monoisotopic (exact) mass is 246 g/mol. The van der Waals surface area contributed by atoms with Gasteiger partial charge in [-0.05, 0) is 18.8 Å². The Morgan fingerprint density at radius 1 is 1.00 bits per heavy atom. The molecule has 0 aliphatic heterocycles. The fraction of sp³-hybridized carbons (Fsp3) is 0.923. The summed E-state index contributed by atoms with van der Waals surface area (Å²) in [6, 6.07) is 0. The predicted octanol–water partition coefficient (Wildman–Crippen LogP) is 2.71. The Hall–Kier alpha value is -0.610. The van der Waals surface area contributed by atoms with Gasteiger partial charge in [0.15, 0.2) is 0 Å². The molecule has 0 aliphatic carbocycles. The van der Waals surface area contributed by atoms with E-state index in [-0.39, 0.29) is 6.61 Å². The minimum Gasteiger partial charge on any atom is -0.480 e. The van der Waals surface area contributed by atoms with Crippen LogP contribution in [0, 0.1) is 5.92 Å². The van der Waals surface area contributed by atoms with Gasteiger partial charge in [-0.25, -0.2) is 4.79 Å². The van der Waals surface area contributed by atoms with Crippen molar-refractivity contribution in [1.29, 1.82) is 0 Å². The molecule has 0 aromatic rings. The standard InChI is InChI=1S/C13H26O4/c1-12(2)7-4-3-5-8-16-9-6-10-17-11-13(14)15/h12H,3-11H2,1-2H3,(H,14,15). The van der Waals surface area contributed by atoms with Gasteiger partial charge in [-0.15, -0.1) is 0 Å². The van der Waals surface area contributed by atoms with Crippen molar-refractivity contribution in [2.45, 2.75) is 46.0 Å². The van der Waals surface area contributed by atoms with E-state index in [9.17, 15) is 4.79 Å². The first-order valence-electron chi connectivity index (χ1n) is 6.50. The van der Waals surface area contributed by atoms with Crippen LogP contribution in [0.15, 0.2) is 0 Å². The van der Waals surface area contributed by atoms with E-state index in [2.05, 4.69) is 13.8 Å². The fourth-order valence-electron chi connectivity index (χ4n) is 1.46. The molecule has 0 amide bonds. The van der Waals surface area contributed by atoms with Gasteiger partial charge in [-0.3, -0.25) is 0 Å². The normalized spacial score (nSPS) is 11.0. The van der Waals surface area contributed by atoms with E-state index in [4.69, 9.17) is 14.6 Å².